The summed E-state index contributed by atoms with van der Waals surface area (Å²) in [6, 6.07) is 7.13. The lowest BCUT2D eigenvalue weighted by Gasteiger charge is -2.13. The molecule has 4 N–H and O–H groups in total. The number of carbonyl (C=O) groups is 1. The molecular formula is C13H17N5O. The number of carbonyl (C=O) groups excluding carboxylic acids is 1. The zero-order chi connectivity index (χ0) is 14.0. The Balaban J connectivity index is 2.19. The summed E-state index contributed by atoms with van der Waals surface area (Å²) in [5.41, 5.74) is 12.8. The van der Waals surface area contributed by atoms with Gasteiger partial charge in [-0.15, -0.1) is 5.10 Å². The van der Waals surface area contributed by atoms with Crippen molar-refractivity contribution in [2.75, 3.05) is 0 Å². The van der Waals surface area contributed by atoms with Crippen molar-refractivity contribution in [1.29, 1.82) is 0 Å². The third-order valence-corrected chi connectivity index (χ3v) is 2.75. The molecule has 2 rings (SSSR count). The Kier molecular flexibility index (Phi) is 3.35. The third kappa shape index (κ3) is 3.17. The molecule has 2 aromatic rings. The van der Waals surface area contributed by atoms with Gasteiger partial charge in [0.2, 0.25) is 5.91 Å². The highest BCUT2D eigenvalue weighted by Crippen LogP contribution is 2.13. The Labute approximate surface area is 111 Å². The van der Waals surface area contributed by atoms with Gasteiger partial charge in [0.25, 0.3) is 0 Å². The van der Waals surface area contributed by atoms with E-state index in [4.69, 9.17) is 11.5 Å². The molecule has 6 nitrogen and oxygen atoms in total. The van der Waals surface area contributed by atoms with E-state index in [0.29, 0.717) is 12.1 Å². The zero-order valence-electron chi connectivity index (χ0n) is 11.0. The van der Waals surface area contributed by atoms with Gasteiger partial charge in [-0.3, -0.25) is 4.79 Å². The van der Waals surface area contributed by atoms with Crippen molar-refractivity contribution in [2.24, 2.45) is 11.5 Å². The predicted octanol–water partition coefficient (Wildman–Crippen LogP) is 0.619. The van der Waals surface area contributed by atoms with E-state index < -0.39 is 11.4 Å². The number of amides is 1. The Hall–Kier alpha value is -2.21. The van der Waals surface area contributed by atoms with E-state index in [9.17, 15) is 4.79 Å². The van der Waals surface area contributed by atoms with Gasteiger partial charge in [-0.2, -0.15) is 0 Å². The summed E-state index contributed by atoms with van der Waals surface area (Å²) in [6.45, 7) is 4.26. The normalized spacial score (nSPS) is 11.5. The molecule has 0 bridgehead atoms. The minimum atomic E-state index is -0.521. The van der Waals surface area contributed by atoms with Crippen LogP contribution in [0.1, 0.15) is 35.5 Å². The maximum atomic E-state index is 11.1. The summed E-state index contributed by atoms with van der Waals surface area (Å²) >= 11 is 0. The van der Waals surface area contributed by atoms with Crippen LogP contribution in [0.25, 0.3) is 0 Å². The van der Waals surface area contributed by atoms with Crippen molar-refractivity contribution in [1.82, 2.24) is 15.0 Å². The molecule has 6 heteroatoms. The van der Waals surface area contributed by atoms with Crippen molar-refractivity contribution in [2.45, 2.75) is 25.9 Å². The Morgan fingerprint density at radius 3 is 2.74 bits per heavy atom. The second kappa shape index (κ2) is 4.81. The van der Waals surface area contributed by atoms with Gasteiger partial charge in [0.15, 0.2) is 0 Å². The molecule has 0 aliphatic carbocycles. The molecule has 0 atom stereocenters. The van der Waals surface area contributed by atoms with Crippen LogP contribution in [0, 0.1) is 0 Å². The molecule has 1 amide bonds. The minimum Gasteiger partial charge on any atom is -0.366 e. The van der Waals surface area contributed by atoms with E-state index >= 15 is 0 Å². The van der Waals surface area contributed by atoms with Gasteiger partial charge in [0, 0.05) is 5.56 Å². The van der Waals surface area contributed by atoms with E-state index in [1.807, 2.05) is 19.9 Å². The number of hydrogen-bond acceptors (Lipinski definition) is 4. The summed E-state index contributed by atoms with van der Waals surface area (Å²) in [5, 5.41) is 8.06. The Morgan fingerprint density at radius 1 is 1.42 bits per heavy atom. The minimum absolute atomic E-state index is 0.441. The first-order chi connectivity index (χ1) is 8.86. The van der Waals surface area contributed by atoms with Crippen LogP contribution >= 0.6 is 0 Å². The van der Waals surface area contributed by atoms with Gasteiger partial charge >= 0.3 is 0 Å². The predicted molar refractivity (Wildman–Crippen MR) is 71.3 cm³/mol. The van der Waals surface area contributed by atoms with Crippen molar-refractivity contribution < 1.29 is 4.79 Å². The van der Waals surface area contributed by atoms with Gasteiger partial charge in [0.1, 0.15) is 5.69 Å². The smallest absolute Gasteiger partial charge is 0.248 e. The van der Waals surface area contributed by atoms with Crippen LogP contribution in [0.3, 0.4) is 0 Å². The highest BCUT2D eigenvalue weighted by atomic mass is 16.1. The molecule has 0 spiro atoms. The standard InChI is InChI=1S/C13H17N5O/c1-13(2,15)11-8-18(17-16-11)7-9-4-3-5-10(6-9)12(14)19/h3-6,8H,7,15H2,1-2H3,(H2,14,19). The maximum absolute atomic E-state index is 11.1. The maximum Gasteiger partial charge on any atom is 0.248 e. The summed E-state index contributed by atoms with van der Waals surface area (Å²) in [6.07, 6.45) is 1.80. The van der Waals surface area contributed by atoms with Crippen molar-refractivity contribution in [3.8, 4) is 0 Å². The van der Waals surface area contributed by atoms with Crippen LogP contribution in [0.15, 0.2) is 30.5 Å². The Morgan fingerprint density at radius 2 is 2.16 bits per heavy atom. The fraction of sp³-hybridized carbons (Fsp3) is 0.308. The summed E-state index contributed by atoms with van der Waals surface area (Å²) in [4.78, 5) is 11.1. The van der Waals surface area contributed by atoms with Gasteiger partial charge in [-0.05, 0) is 31.5 Å². The van der Waals surface area contributed by atoms with Crippen LogP contribution < -0.4 is 11.5 Å². The number of nitrogens with two attached hydrogens (primary N) is 2. The number of hydrogen-bond donors (Lipinski definition) is 2. The van der Waals surface area contributed by atoms with Crippen LogP contribution in [0.2, 0.25) is 0 Å². The summed E-state index contributed by atoms with van der Waals surface area (Å²) in [7, 11) is 0. The average Bonchev–Trinajstić information content (AvgIpc) is 2.77. The van der Waals surface area contributed by atoms with Gasteiger partial charge < -0.3 is 11.5 Å². The van der Waals surface area contributed by atoms with Crippen LogP contribution in [0.5, 0.6) is 0 Å². The van der Waals surface area contributed by atoms with E-state index in [1.165, 1.54) is 0 Å². The second-order valence-corrected chi connectivity index (χ2v) is 5.09. The first-order valence-corrected chi connectivity index (χ1v) is 5.94. The number of aromatic nitrogens is 3. The molecule has 1 aromatic carbocycles. The van der Waals surface area contributed by atoms with Crippen LogP contribution in [0.4, 0.5) is 0 Å². The van der Waals surface area contributed by atoms with Crippen LogP contribution in [-0.4, -0.2) is 20.9 Å². The second-order valence-electron chi connectivity index (χ2n) is 5.09. The number of rotatable bonds is 4. The molecule has 0 unspecified atom stereocenters. The van der Waals surface area contributed by atoms with E-state index in [1.54, 1.807) is 29.1 Å². The fourth-order valence-electron chi connectivity index (χ4n) is 1.68. The van der Waals surface area contributed by atoms with E-state index in [-0.39, 0.29) is 0 Å². The largest absolute Gasteiger partial charge is 0.366 e. The SMILES string of the molecule is CC(C)(N)c1cn(Cc2cccc(C(N)=O)c2)nn1. The quantitative estimate of drug-likeness (QED) is 0.840. The molecule has 0 aliphatic rings. The number of nitrogens with zero attached hydrogens (tertiary/aromatic N) is 3. The number of primary amides is 1. The lowest BCUT2D eigenvalue weighted by Crippen LogP contribution is -2.29. The molecular weight excluding hydrogens is 242 g/mol. The van der Waals surface area contributed by atoms with Crippen molar-refractivity contribution >= 4 is 5.91 Å². The molecule has 100 valence electrons. The zero-order valence-corrected chi connectivity index (χ0v) is 11.0. The van der Waals surface area contributed by atoms with E-state index in [0.717, 1.165) is 11.3 Å². The van der Waals surface area contributed by atoms with E-state index in [2.05, 4.69) is 10.3 Å². The molecule has 0 radical (unpaired) electrons. The topological polar surface area (TPSA) is 99.8 Å². The molecule has 0 fully saturated rings. The van der Waals surface area contributed by atoms with Crippen molar-refractivity contribution in [3.63, 3.8) is 0 Å². The molecule has 1 aromatic heterocycles. The first kappa shape index (κ1) is 13.2. The average molecular weight is 259 g/mol. The van der Waals surface area contributed by atoms with Gasteiger partial charge in [-0.1, -0.05) is 17.3 Å². The third-order valence-electron chi connectivity index (χ3n) is 2.75. The lowest BCUT2D eigenvalue weighted by atomic mass is 10.0. The highest BCUT2D eigenvalue weighted by Gasteiger charge is 2.18. The lowest BCUT2D eigenvalue weighted by molar-refractivity contribution is 0.1000. The van der Waals surface area contributed by atoms with Gasteiger partial charge in [-0.25, -0.2) is 4.68 Å². The first-order valence-electron chi connectivity index (χ1n) is 5.94. The molecule has 0 aliphatic heterocycles. The summed E-state index contributed by atoms with van der Waals surface area (Å²) in [5.74, 6) is -0.441. The molecule has 0 saturated carbocycles. The summed E-state index contributed by atoms with van der Waals surface area (Å²) < 4.78 is 1.68. The monoisotopic (exact) mass is 259 g/mol. The molecule has 1 heterocycles. The van der Waals surface area contributed by atoms with Gasteiger partial charge in [0.05, 0.1) is 18.3 Å². The molecule has 0 saturated heterocycles. The molecule has 19 heavy (non-hydrogen) atoms. The highest BCUT2D eigenvalue weighted by molar-refractivity contribution is 5.92. The Bertz CT molecular complexity index is 597. The number of benzene rings is 1. The van der Waals surface area contributed by atoms with Crippen molar-refractivity contribution in [3.05, 3.63) is 47.3 Å². The fourth-order valence-corrected chi connectivity index (χ4v) is 1.68. The van der Waals surface area contributed by atoms with Crippen LogP contribution in [-0.2, 0) is 12.1 Å².